The molecule has 172 valence electrons. The molecule has 0 radical (unpaired) electrons. The first kappa shape index (κ1) is 21.0. The van der Waals surface area contributed by atoms with Crippen LogP contribution >= 0.6 is 11.3 Å². The fourth-order valence-corrected chi connectivity index (χ4v) is 6.20. The van der Waals surface area contributed by atoms with E-state index in [2.05, 4.69) is 138 Å². The van der Waals surface area contributed by atoms with Crippen molar-refractivity contribution in [2.45, 2.75) is 0 Å². The molecule has 0 spiro atoms. The average molecular weight is 481 g/mol. The standard InChI is InChI=1S/C33H24N2S/c1-2-7-23(8-3-1)25-12-15-27(16-13-25)35(28-17-14-24-9-4-5-10-26(24)21-28)29-18-19-30-31-11-6-20-34-33(31)36-32(30)22-29/h1-19,21-22,34H,20H2. The lowest BCUT2D eigenvalue weighted by molar-refractivity contribution is 1.30. The van der Waals surface area contributed by atoms with Crippen LogP contribution in [0.1, 0.15) is 5.56 Å². The summed E-state index contributed by atoms with van der Waals surface area (Å²) in [5.74, 6) is 0. The smallest absolute Gasteiger partial charge is 0.0971 e. The maximum Gasteiger partial charge on any atom is 0.0971 e. The van der Waals surface area contributed by atoms with Crippen molar-refractivity contribution in [2.75, 3.05) is 16.8 Å². The van der Waals surface area contributed by atoms with Gasteiger partial charge in [-0.15, -0.1) is 11.3 Å². The van der Waals surface area contributed by atoms with E-state index in [9.17, 15) is 0 Å². The molecule has 0 unspecified atom stereocenters. The summed E-state index contributed by atoms with van der Waals surface area (Å²) in [6, 6.07) is 41.6. The minimum absolute atomic E-state index is 0.893. The van der Waals surface area contributed by atoms with Crippen LogP contribution in [0.4, 0.5) is 22.1 Å². The Labute approximate surface area is 214 Å². The summed E-state index contributed by atoms with van der Waals surface area (Å²) in [5, 5.41) is 8.58. The Kier molecular flexibility index (Phi) is 5.07. The van der Waals surface area contributed by atoms with Gasteiger partial charge in [-0.2, -0.15) is 0 Å². The van der Waals surface area contributed by atoms with Gasteiger partial charge in [-0.1, -0.05) is 91.0 Å². The van der Waals surface area contributed by atoms with E-state index in [1.54, 1.807) is 0 Å². The van der Waals surface area contributed by atoms with Gasteiger partial charge in [0.1, 0.15) is 0 Å². The molecule has 36 heavy (non-hydrogen) atoms. The van der Waals surface area contributed by atoms with E-state index in [0.717, 1.165) is 23.6 Å². The third kappa shape index (κ3) is 3.65. The third-order valence-electron chi connectivity index (χ3n) is 6.86. The maximum atomic E-state index is 3.52. The van der Waals surface area contributed by atoms with Crippen LogP contribution in [0.3, 0.4) is 0 Å². The number of rotatable bonds is 4. The summed E-state index contributed by atoms with van der Waals surface area (Å²) in [4.78, 5) is 2.36. The van der Waals surface area contributed by atoms with Gasteiger partial charge in [0.15, 0.2) is 0 Å². The lowest BCUT2D eigenvalue weighted by Gasteiger charge is -2.26. The quantitative estimate of drug-likeness (QED) is 0.270. The van der Waals surface area contributed by atoms with Gasteiger partial charge in [-0.25, -0.2) is 0 Å². The van der Waals surface area contributed by atoms with E-state index in [4.69, 9.17) is 0 Å². The van der Waals surface area contributed by atoms with Gasteiger partial charge in [0, 0.05) is 39.3 Å². The average Bonchev–Trinajstić information content (AvgIpc) is 3.32. The van der Waals surface area contributed by atoms with Crippen LogP contribution in [-0.2, 0) is 0 Å². The SMILES string of the molecule is C1=Cc2c(sc3cc(N(c4ccc(-c5ccccc5)cc4)c4ccc5ccccc5c4)ccc23)NC1. The molecule has 1 aliphatic heterocycles. The van der Waals surface area contributed by atoms with Crippen molar-refractivity contribution < 1.29 is 0 Å². The van der Waals surface area contributed by atoms with Gasteiger partial charge in [0.05, 0.1) is 5.00 Å². The van der Waals surface area contributed by atoms with Gasteiger partial charge >= 0.3 is 0 Å². The second kappa shape index (κ2) is 8.71. The lowest BCUT2D eigenvalue weighted by atomic mass is 10.0. The molecule has 0 saturated heterocycles. The largest absolute Gasteiger partial charge is 0.373 e. The van der Waals surface area contributed by atoms with E-state index in [0.29, 0.717) is 0 Å². The molecule has 0 saturated carbocycles. The first-order valence-corrected chi connectivity index (χ1v) is 13.1. The predicted octanol–water partition coefficient (Wildman–Crippen LogP) is 9.63. The Morgan fingerprint density at radius 2 is 1.31 bits per heavy atom. The van der Waals surface area contributed by atoms with E-state index >= 15 is 0 Å². The molecule has 0 aliphatic carbocycles. The molecular formula is C33H24N2S. The number of hydrogen-bond donors (Lipinski definition) is 1. The van der Waals surface area contributed by atoms with Gasteiger partial charge in [-0.05, 0) is 58.3 Å². The van der Waals surface area contributed by atoms with Crippen molar-refractivity contribution in [1.82, 2.24) is 0 Å². The van der Waals surface area contributed by atoms with Crippen LogP contribution in [0.5, 0.6) is 0 Å². The highest BCUT2D eigenvalue weighted by Crippen LogP contribution is 2.43. The van der Waals surface area contributed by atoms with Gasteiger partial charge in [-0.3, -0.25) is 0 Å². The molecule has 3 heteroatoms. The van der Waals surface area contributed by atoms with Crippen LogP contribution < -0.4 is 10.2 Å². The maximum absolute atomic E-state index is 3.52. The van der Waals surface area contributed by atoms with E-state index < -0.39 is 0 Å². The Bertz CT molecular complexity index is 1730. The first-order valence-electron chi connectivity index (χ1n) is 12.2. The monoisotopic (exact) mass is 480 g/mol. The van der Waals surface area contributed by atoms with Crippen molar-refractivity contribution in [1.29, 1.82) is 0 Å². The molecule has 0 bridgehead atoms. The highest BCUT2D eigenvalue weighted by molar-refractivity contribution is 7.23. The molecule has 0 amide bonds. The zero-order valence-electron chi connectivity index (χ0n) is 19.7. The van der Waals surface area contributed by atoms with Gasteiger partial charge < -0.3 is 10.2 Å². The summed E-state index contributed by atoms with van der Waals surface area (Å²) in [5.41, 5.74) is 7.21. The molecule has 5 aromatic carbocycles. The van der Waals surface area contributed by atoms with Gasteiger partial charge in [0.25, 0.3) is 0 Å². The molecule has 1 N–H and O–H groups in total. The normalized spacial score (nSPS) is 12.4. The summed E-state index contributed by atoms with van der Waals surface area (Å²) >= 11 is 1.83. The molecule has 0 atom stereocenters. The van der Waals surface area contributed by atoms with Gasteiger partial charge in [0.2, 0.25) is 0 Å². The number of thiophene rings is 1. The fraction of sp³-hybridized carbons (Fsp3) is 0.0303. The summed E-state index contributed by atoms with van der Waals surface area (Å²) in [6.45, 7) is 0.893. The first-order chi connectivity index (χ1) is 17.8. The number of nitrogens with zero attached hydrogens (tertiary/aromatic N) is 1. The van der Waals surface area contributed by atoms with E-state index in [1.807, 2.05) is 11.3 Å². The number of benzene rings is 5. The Morgan fingerprint density at radius 1 is 0.611 bits per heavy atom. The number of fused-ring (bicyclic) bond motifs is 4. The van der Waals surface area contributed by atoms with Crippen molar-refractivity contribution in [3.05, 3.63) is 127 Å². The minimum atomic E-state index is 0.893. The molecule has 7 rings (SSSR count). The van der Waals surface area contributed by atoms with E-state index in [-0.39, 0.29) is 0 Å². The highest BCUT2D eigenvalue weighted by atomic mass is 32.1. The number of anilines is 4. The molecule has 2 heterocycles. The van der Waals surface area contributed by atoms with Crippen LogP contribution in [0.2, 0.25) is 0 Å². The van der Waals surface area contributed by atoms with Crippen molar-refractivity contribution in [3.8, 4) is 11.1 Å². The number of hydrogen-bond acceptors (Lipinski definition) is 3. The van der Waals surface area contributed by atoms with Crippen LogP contribution in [0.15, 0.2) is 121 Å². The Balaban J connectivity index is 1.38. The summed E-state index contributed by atoms with van der Waals surface area (Å²) in [6.07, 6.45) is 4.44. The highest BCUT2D eigenvalue weighted by Gasteiger charge is 2.17. The summed E-state index contributed by atoms with van der Waals surface area (Å²) in [7, 11) is 0. The lowest BCUT2D eigenvalue weighted by Crippen LogP contribution is -2.09. The predicted molar refractivity (Wildman–Crippen MR) is 157 cm³/mol. The van der Waals surface area contributed by atoms with Crippen LogP contribution in [0, 0.1) is 0 Å². The molecule has 0 fully saturated rings. The molecule has 2 nitrogen and oxygen atoms in total. The van der Waals surface area contributed by atoms with Crippen LogP contribution in [-0.4, -0.2) is 6.54 Å². The molecule has 6 aromatic rings. The number of nitrogens with one attached hydrogen (secondary N) is 1. The zero-order valence-corrected chi connectivity index (χ0v) is 20.5. The Hall–Kier alpha value is -4.34. The Morgan fingerprint density at radius 3 is 2.17 bits per heavy atom. The summed E-state index contributed by atoms with van der Waals surface area (Å²) < 4.78 is 1.29. The second-order valence-corrected chi connectivity index (χ2v) is 10.1. The van der Waals surface area contributed by atoms with Crippen molar-refractivity contribution in [3.63, 3.8) is 0 Å². The third-order valence-corrected chi connectivity index (χ3v) is 7.99. The van der Waals surface area contributed by atoms with Crippen molar-refractivity contribution >= 4 is 60.3 Å². The topological polar surface area (TPSA) is 15.3 Å². The second-order valence-electron chi connectivity index (χ2n) is 9.09. The minimum Gasteiger partial charge on any atom is -0.373 e. The van der Waals surface area contributed by atoms with Crippen molar-refractivity contribution in [2.24, 2.45) is 0 Å². The van der Waals surface area contributed by atoms with E-state index in [1.165, 1.54) is 42.6 Å². The zero-order chi connectivity index (χ0) is 23.9. The molecule has 1 aliphatic rings. The fourth-order valence-electron chi connectivity index (χ4n) is 5.07. The molecule has 1 aromatic heterocycles. The molecular weight excluding hydrogens is 456 g/mol. The van der Waals surface area contributed by atoms with Crippen LogP contribution in [0.25, 0.3) is 38.1 Å².